The molecule has 1 aromatic rings. The van der Waals surface area contributed by atoms with Crippen LogP contribution in [0.15, 0.2) is 12.3 Å². The van der Waals surface area contributed by atoms with E-state index in [1.165, 1.54) is 0 Å². The number of rotatable bonds is 1. The third-order valence-electron chi connectivity index (χ3n) is 1.57. The molecule has 0 radical (unpaired) electrons. The molecule has 2 N–H and O–H groups in total. The van der Waals surface area contributed by atoms with Crippen LogP contribution in [0.2, 0.25) is 0 Å². The Morgan fingerprint density at radius 1 is 1.73 bits per heavy atom. The van der Waals surface area contributed by atoms with Crippen molar-refractivity contribution >= 4 is 5.97 Å². The van der Waals surface area contributed by atoms with Gasteiger partial charge in [0.05, 0.1) is 0 Å². The van der Waals surface area contributed by atoms with E-state index in [9.17, 15) is 4.79 Å². The van der Waals surface area contributed by atoms with Crippen LogP contribution in [0, 0.1) is 6.92 Å². The topological polar surface area (TPSA) is 57.2 Å². The Morgan fingerprint density at radius 3 is 2.73 bits per heavy atom. The summed E-state index contributed by atoms with van der Waals surface area (Å²) in [6.07, 6.45) is 1.78. The maximum absolute atomic E-state index is 10.9. The van der Waals surface area contributed by atoms with Gasteiger partial charge in [-0.05, 0) is 18.6 Å². The van der Waals surface area contributed by atoms with E-state index >= 15 is 0 Å². The highest BCUT2D eigenvalue weighted by atomic mass is 16.7. The van der Waals surface area contributed by atoms with Crippen LogP contribution in [0.3, 0.4) is 0 Å². The van der Waals surface area contributed by atoms with E-state index in [1.54, 1.807) is 17.8 Å². The highest BCUT2D eigenvalue weighted by Crippen LogP contribution is 2.08. The smallest absolute Gasteiger partial charge is 0.369 e. The second-order valence-electron chi connectivity index (χ2n) is 2.36. The fraction of sp³-hybridized carbons (Fsp3) is 0.286. The number of nitrogens with two attached hydrogens (primary N) is 1. The largest absolute Gasteiger partial charge is 0.373 e. The van der Waals surface area contributed by atoms with Crippen molar-refractivity contribution in [2.24, 2.45) is 12.9 Å². The minimum absolute atomic E-state index is 0.493. The van der Waals surface area contributed by atoms with Crippen molar-refractivity contribution in [1.82, 2.24) is 4.57 Å². The summed E-state index contributed by atoms with van der Waals surface area (Å²) >= 11 is 0. The molecule has 0 aliphatic heterocycles. The molecule has 0 bridgehead atoms. The number of hydrogen-bond acceptors (Lipinski definition) is 3. The predicted octanol–water partition coefficient (Wildman–Crippen LogP) is 0.364. The zero-order valence-corrected chi connectivity index (χ0v) is 6.50. The molecule has 0 aliphatic carbocycles. The van der Waals surface area contributed by atoms with Crippen LogP contribution < -0.4 is 5.90 Å². The van der Waals surface area contributed by atoms with Crippen LogP contribution in [0.25, 0.3) is 0 Å². The molecule has 0 saturated carbocycles. The number of aryl methyl sites for hydroxylation is 2. The molecule has 0 saturated heterocycles. The zero-order chi connectivity index (χ0) is 8.43. The van der Waals surface area contributed by atoms with Gasteiger partial charge in [0, 0.05) is 13.2 Å². The first-order chi connectivity index (χ1) is 5.16. The summed E-state index contributed by atoms with van der Waals surface area (Å²) in [5, 5.41) is 0. The summed E-state index contributed by atoms with van der Waals surface area (Å²) in [7, 11) is 1.76. The summed E-state index contributed by atoms with van der Waals surface area (Å²) in [6.45, 7) is 1.83. The molecular weight excluding hydrogens is 144 g/mol. The molecule has 4 nitrogen and oxygen atoms in total. The Kier molecular flexibility index (Phi) is 1.96. The van der Waals surface area contributed by atoms with Gasteiger partial charge in [-0.25, -0.2) is 4.79 Å². The van der Waals surface area contributed by atoms with E-state index in [0.29, 0.717) is 5.69 Å². The molecule has 1 heterocycles. The van der Waals surface area contributed by atoms with Crippen molar-refractivity contribution in [1.29, 1.82) is 0 Å². The van der Waals surface area contributed by atoms with Gasteiger partial charge in [-0.2, -0.15) is 5.90 Å². The summed E-state index contributed by atoms with van der Waals surface area (Å²) in [6, 6.07) is 1.83. The third kappa shape index (κ3) is 1.25. The molecule has 1 aromatic heterocycles. The molecule has 0 fully saturated rings. The lowest BCUT2D eigenvalue weighted by molar-refractivity contribution is 0.0491. The molecular formula is C7H10N2O2. The lowest BCUT2D eigenvalue weighted by atomic mass is 10.3. The lowest BCUT2D eigenvalue weighted by Gasteiger charge is -2.00. The van der Waals surface area contributed by atoms with Crippen molar-refractivity contribution in [2.45, 2.75) is 6.92 Å². The fourth-order valence-electron chi connectivity index (χ4n) is 1.02. The molecule has 0 atom stereocenters. The summed E-state index contributed by atoms with van der Waals surface area (Å²) in [5.41, 5.74) is 1.36. The van der Waals surface area contributed by atoms with Gasteiger partial charge in [0.1, 0.15) is 5.69 Å². The van der Waals surface area contributed by atoms with E-state index in [1.807, 2.05) is 13.0 Å². The predicted molar refractivity (Wildman–Crippen MR) is 39.8 cm³/mol. The van der Waals surface area contributed by atoms with Crippen molar-refractivity contribution in [3.8, 4) is 0 Å². The molecule has 1 rings (SSSR count). The van der Waals surface area contributed by atoms with Crippen LogP contribution in [-0.2, 0) is 11.9 Å². The first-order valence-corrected chi connectivity index (χ1v) is 3.19. The van der Waals surface area contributed by atoms with E-state index in [2.05, 4.69) is 4.84 Å². The number of carbonyl (C=O) groups is 1. The Bertz CT molecular complexity index is 258. The first kappa shape index (κ1) is 7.81. The monoisotopic (exact) mass is 154 g/mol. The Morgan fingerprint density at radius 2 is 2.36 bits per heavy atom. The quantitative estimate of drug-likeness (QED) is 0.594. The molecule has 4 heteroatoms. The van der Waals surface area contributed by atoms with Crippen molar-refractivity contribution in [3.05, 3.63) is 23.5 Å². The lowest BCUT2D eigenvalue weighted by Crippen LogP contribution is -2.14. The second kappa shape index (κ2) is 2.75. The van der Waals surface area contributed by atoms with Crippen molar-refractivity contribution in [3.63, 3.8) is 0 Å². The van der Waals surface area contributed by atoms with Gasteiger partial charge in [-0.15, -0.1) is 0 Å². The third-order valence-corrected chi connectivity index (χ3v) is 1.57. The van der Waals surface area contributed by atoms with Gasteiger partial charge in [0.25, 0.3) is 0 Å². The summed E-state index contributed by atoms with van der Waals surface area (Å²) in [4.78, 5) is 15.0. The normalized spacial score (nSPS) is 9.73. The molecule has 60 valence electrons. The van der Waals surface area contributed by atoms with Crippen LogP contribution in [0.1, 0.15) is 16.1 Å². The van der Waals surface area contributed by atoms with Crippen LogP contribution in [0.5, 0.6) is 0 Å². The minimum atomic E-state index is -0.505. The van der Waals surface area contributed by atoms with E-state index in [-0.39, 0.29) is 0 Å². The number of nitrogens with zero attached hydrogens (tertiary/aromatic N) is 1. The van der Waals surface area contributed by atoms with Gasteiger partial charge in [0.2, 0.25) is 0 Å². The number of aromatic nitrogens is 1. The standard InChI is InChI=1S/C7H10N2O2/c1-5-3-4-9(2)6(5)7(10)11-8/h3-4H,8H2,1-2H3. The average Bonchev–Trinajstić information content (AvgIpc) is 2.30. The summed E-state index contributed by atoms with van der Waals surface area (Å²) in [5.74, 6) is 4.23. The zero-order valence-electron chi connectivity index (χ0n) is 6.50. The Hall–Kier alpha value is -1.29. The minimum Gasteiger partial charge on any atom is -0.369 e. The number of hydrogen-bond donors (Lipinski definition) is 1. The molecule has 0 aromatic carbocycles. The van der Waals surface area contributed by atoms with Crippen LogP contribution in [0.4, 0.5) is 0 Å². The van der Waals surface area contributed by atoms with Gasteiger partial charge >= 0.3 is 5.97 Å². The van der Waals surface area contributed by atoms with Crippen molar-refractivity contribution < 1.29 is 9.63 Å². The van der Waals surface area contributed by atoms with Crippen LogP contribution >= 0.6 is 0 Å². The Labute approximate surface area is 64.5 Å². The highest BCUT2D eigenvalue weighted by molar-refractivity contribution is 5.89. The SMILES string of the molecule is Cc1ccn(C)c1C(=O)ON. The van der Waals surface area contributed by atoms with E-state index in [0.717, 1.165) is 5.56 Å². The van der Waals surface area contributed by atoms with E-state index in [4.69, 9.17) is 5.90 Å². The molecule has 0 amide bonds. The van der Waals surface area contributed by atoms with Gasteiger partial charge < -0.3 is 9.40 Å². The number of carbonyl (C=O) groups excluding carboxylic acids is 1. The van der Waals surface area contributed by atoms with Crippen LogP contribution in [-0.4, -0.2) is 10.5 Å². The first-order valence-electron chi connectivity index (χ1n) is 3.19. The summed E-state index contributed by atoms with van der Waals surface area (Å²) < 4.78 is 1.67. The maximum atomic E-state index is 10.9. The molecule has 11 heavy (non-hydrogen) atoms. The Balaban J connectivity index is 3.10. The van der Waals surface area contributed by atoms with Crippen molar-refractivity contribution in [2.75, 3.05) is 0 Å². The van der Waals surface area contributed by atoms with E-state index < -0.39 is 5.97 Å². The van der Waals surface area contributed by atoms with Gasteiger partial charge in [-0.1, -0.05) is 0 Å². The van der Waals surface area contributed by atoms with Gasteiger partial charge in [-0.3, -0.25) is 0 Å². The van der Waals surface area contributed by atoms with Gasteiger partial charge in [0.15, 0.2) is 0 Å². The second-order valence-corrected chi connectivity index (χ2v) is 2.36. The molecule has 0 unspecified atom stereocenters. The average molecular weight is 154 g/mol. The molecule has 0 aliphatic rings. The molecule has 0 spiro atoms. The highest BCUT2D eigenvalue weighted by Gasteiger charge is 2.12. The maximum Gasteiger partial charge on any atom is 0.373 e. The fourth-order valence-corrected chi connectivity index (χ4v) is 1.02.